The molecule has 1 atom stereocenters. The molecule has 0 spiro atoms. The third-order valence-electron chi connectivity index (χ3n) is 2.46. The molecule has 2 aliphatic rings. The summed E-state index contributed by atoms with van der Waals surface area (Å²) in [6, 6.07) is 0. The number of hydrogen-bond acceptors (Lipinski definition) is 3. The molecule has 2 heterocycles. The topological polar surface area (TPSA) is 66.6 Å². The molecule has 0 bridgehead atoms. The molecule has 0 amide bonds. The maximum atomic E-state index is 11.4. The monoisotopic (exact) mass is 196 g/mol. The molecule has 5 heteroatoms. The molecular weight excluding hydrogens is 186 g/mol. The molecule has 0 fully saturated rings. The van der Waals surface area contributed by atoms with Crippen LogP contribution in [0.25, 0.3) is 0 Å². The highest BCUT2D eigenvalue weighted by atomic mass is 16.5. The van der Waals surface area contributed by atoms with E-state index in [9.17, 15) is 9.70 Å². The van der Waals surface area contributed by atoms with Crippen LogP contribution in [0, 0.1) is 4.91 Å². The van der Waals surface area contributed by atoms with E-state index in [0.29, 0.717) is 16.0 Å². The summed E-state index contributed by atoms with van der Waals surface area (Å²) in [5.41, 5.74) is 1.38. The average molecular weight is 196 g/mol. The van der Waals surface area contributed by atoms with Gasteiger partial charge < -0.3 is 9.84 Å². The maximum absolute atomic E-state index is 11.4. The lowest BCUT2D eigenvalue weighted by Gasteiger charge is -2.06. The third-order valence-corrected chi connectivity index (χ3v) is 2.46. The van der Waals surface area contributed by atoms with Crippen LogP contribution in [0.4, 0.5) is 0 Å². The number of carboxylic acids is 1. The molecule has 0 aromatic carbocycles. The molecule has 0 aromatic heterocycles. The van der Waals surface area contributed by atoms with Crippen molar-refractivity contribution >= 4 is 5.97 Å². The zero-order chi connectivity index (χ0) is 10.3. The molecule has 74 valence electrons. The number of aliphatic carboxylic acids is 1. The zero-order valence-electron chi connectivity index (χ0n) is 7.69. The van der Waals surface area contributed by atoms with Gasteiger partial charge in [-0.3, -0.25) is 0 Å². The minimum Gasteiger partial charge on any atom is -0.478 e. The van der Waals surface area contributed by atoms with Gasteiger partial charge in [-0.2, -0.15) is 0 Å². The van der Waals surface area contributed by atoms with Crippen LogP contribution < -0.4 is 0 Å². The van der Waals surface area contributed by atoms with E-state index in [2.05, 4.69) is 0 Å². The van der Waals surface area contributed by atoms with Crippen molar-refractivity contribution in [2.45, 2.75) is 13.0 Å². The largest absolute Gasteiger partial charge is 0.478 e. The Hall–Kier alpha value is -1.49. The van der Waals surface area contributed by atoms with Crippen LogP contribution in [-0.4, -0.2) is 35.1 Å². The summed E-state index contributed by atoms with van der Waals surface area (Å²) in [4.78, 5) is 22.1. The summed E-state index contributed by atoms with van der Waals surface area (Å²) in [7, 11) is 0. The molecule has 0 saturated heterocycles. The summed E-state index contributed by atoms with van der Waals surface area (Å²) < 4.78 is 5.94. The van der Waals surface area contributed by atoms with Crippen molar-refractivity contribution in [3.8, 4) is 0 Å². The van der Waals surface area contributed by atoms with Gasteiger partial charge in [-0.1, -0.05) is 0 Å². The average Bonchev–Trinajstić information content (AvgIpc) is 2.48. The van der Waals surface area contributed by atoms with E-state index in [1.807, 2.05) is 0 Å². The quantitative estimate of drug-likeness (QED) is 0.619. The third kappa shape index (κ3) is 1.26. The first-order valence-electron chi connectivity index (χ1n) is 4.32. The molecule has 5 nitrogen and oxygen atoms in total. The van der Waals surface area contributed by atoms with E-state index in [1.165, 1.54) is 0 Å². The molecule has 2 aliphatic heterocycles. The number of nitroso groups, excluding NO2 is 1. The van der Waals surface area contributed by atoms with E-state index in [4.69, 9.17) is 9.84 Å². The van der Waals surface area contributed by atoms with Crippen LogP contribution in [0.1, 0.15) is 6.92 Å². The van der Waals surface area contributed by atoms with E-state index in [0.717, 1.165) is 0 Å². The van der Waals surface area contributed by atoms with Gasteiger partial charge in [0.15, 0.2) is 0 Å². The number of carboxylic acid groups (broad SMARTS) is 1. The highest BCUT2D eigenvalue weighted by Gasteiger charge is 2.38. The van der Waals surface area contributed by atoms with Crippen molar-refractivity contribution in [3.05, 3.63) is 27.8 Å². The molecule has 14 heavy (non-hydrogen) atoms. The van der Waals surface area contributed by atoms with Gasteiger partial charge in [0.2, 0.25) is 6.54 Å². The van der Waals surface area contributed by atoms with Crippen molar-refractivity contribution in [1.29, 1.82) is 0 Å². The number of carbonyl (C=O) groups is 1. The van der Waals surface area contributed by atoms with Gasteiger partial charge in [-0.15, -0.1) is 0 Å². The molecule has 1 N–H and O–H groups in total. The van der Waals surface area contributed by atoms with Crippen LogP contribution in [0.5, 0.6) is 0 Å². The van der Waals surface area contributed by atoms with Gasteiger partial charge >= 0.3 is 5.97 Å². The van der Waals surface area contributed by atoms with E-state index >= 15 is 0 Å². The molecule has 0 aliphatic carbocycles. The molecule has 0 unspecified atom stereocenters. The fraction of sp³-hybridized carbons (Fsp3) is 0.444. The Kier molecular flexibility index (Phi) is 1.96. The molecule has 0 radical (unpaired) electrons. The predicted octanol–water partition coefficient (Wildman–Crippen LogP) is 0.463. The van der Waals surface area contributed by atoms with Crippen molar-refractivity contribution in [2.75, 3.05) is 13.2 Å². The fourth-order valence-electron chi connectivity index (χ4n) is 1.64. The normalized spacial score (nSPS) is 26.2. The van der Waals surface area contributed by atoms with Gasteiger partial charge in [-0.05, 0) is 13.0 Å². The Balaban J connectivity index is 2.42. The summed E-state index contributed by atoms with van der Waals surface area (Å²) in [5, 5.41) is 8.76. The Morgan fingerprint density at radius 3 is 3.07 bits per heavy atom. The molecule has 2 rings (SSSR count). The van der Waals surface area contributed by atoms with Crippen molar-refractivity contribution in [3.63, 3.8) is 0 Å². The van der Waals surface area contributed by atoms with Crippen LogP contribution in [0.2, 0.25) is 0 Å². The Morgan fingerprint density at radius 2 is 2.43 bits per heavy atom. The Morgan fingerprint density at radius 1 is 1.71 bits per heavy atom. The van der Waals surface area contributed by atoms with Gasteiger partial charge in [0.1, 0.15) is 12.2 Å². The SMILES string of the molecule is C[C@H]1OCC2=C1C=C(C(=O)O)C[N+]2=O. The molecular formula is C9H10NO4+. The van der Waals surface area contributed by atoms with Crippen LogP contribution in [0.15, 0.2) is 22.9 Å². The first kappa shape index (κ1) is 9.08. The lowest BCUT2D eigenvalue weighted by Crippen LogP contribution is -2.22. The number of hydrogen-bond donors (Lipinski definition) is 1. The predicted molar refractivity (Wildman–Crippen MR) is 46.7 cm³/mol. The fourth-order valence-corrected chi connectivity index (χ4v) is 1.64. The van der Waals surface area contributed by atoms with Gasteiger partial charge in [0.25, 0.3) is 5.70 Å². The lowest BCUT2D eigenvalue weighted by atomic mass is 10.0. The second-order valence-electron chi connectivity index (χ2n) is 3.37. The second kappa shape index (κ2) is 3.02. The first-order chi connectivity index (χ1) is 6.59. The molecule has 0 saturated carbocycles. The first-order valence-corrected chi connectivity index (χ1v) is 4.32. The summed E-state index contributed by atoms with van der Waals surface area (Å²) in [5.74, 6) is -1.04. The molecule has 0 aromatic rings. The number of rotatable bonds is 1. The maximum Gasteiger partial charge on any atom is 0.338 e. The van der Waals surface area contributed by atoms with E-state index in [1.54, 1.807) is 13.0 Å². The van der Waals surface area contributed by atoms with Crippen LogP contribution >= 0.6 is 0 Å². The van der Waals surface area contributed by atoms with Gasteiger partial charge in [0, 0.05) is 9.67 Å². The van der Waals surface area contributed by atoms with Crippen molar-refractivity contribution < 1.29 is 19.4 Å². The minimum atomic E-state index is -1.04. The Bertz CT molecular complexity index is 380. The smallest absolute Gasteiger partial charge is 0.338 e. The summed E-state index contributed by atoms with van der Waals surface area (Å²) in [6.07, 6.45) is 1.36. The van der Waals surface area contributed by atoms with Gasteiger partial charge in [-0.25, -0.2) is 4.79 Å². The number of nitrogens with zero attached hydrogens (tertiary/aromatic N) is 1. The lowest BCUT2D eigenvalue weighted by molar-refractivity contribution is -0.494. The highest BCUT2D eigenvalue weighted by Crippen LogP contribution is 2.27. The van der Waals surface area contributed by atoms with Crippen molar-refractivity contribution in [2.24, 2.45) is 0 Å². The van der Waals surface area contributed by atoms with Crippen LogP contribution in [0.3, 0.4) is 0 Å². The van der Waals surface area contributed by atoms with E-state index in [-0.39, 0.29) is 24.8 Å². The highest BCUT2D eigenvalue weighted by molar-refractivity contribution is 5.87. The van der Waals surface area contributed by atoms with Crippen LogP contribution in [-0.2, 0) is 9.53 Å². The number of ether oxygens (including phenoxy) is 1. The minimum absolute atomic E-state index is 0.0930. The summed E-state index contributed by atoms with van der Waals surface area (Å²) in [6.45, 7) is 1.99. The Labute approximate surface area is 80.2 Å². The zero-order valence-corrected chi connectivity index (χ0v) is 7.69. The summed E-state index contributed by atoms with van der Waals surface area (Å²) >= 11 is 0. The van der Waals surface area contributed by atoms with E-state index < -0.39 is 5.97 Å². The standard InChI is InChI=1S/C9H9NO4/c1-5-7-2-6(9(11)12)3-10(13)8(7)4-14-5/h2,5H,3-4H2,1H3/p+1/t5-/m1/s1. The van der Waals surface area contributed by atoms with Crippen molar-refractivity contribution in [1.82, 2.24) is 0 Å². The van der Waals surface area contributed by atoms with Gasteiger partial charge in [0.05, 0.1) is 11.7 Å². The second-order valence-corrected chi connectivity index (χ2v) is 3.37.